The number of carbonyl (C=O) groups is 2. The van der Waals surface area contributed by atoms with Gasteiger partial charge in [0.1, 0.15) is 0 Å². The van der Waals surface area contributed by atoms with E-state index in [1.807, 2.05) is 152 Å². The van der Waals surface area contributed by atoms with Crippen LogP contribution in [0.2, 0.25) is 0 Å². The van der Waals surface area contributed by atoms with Gasteiger partial charge in [-0.25, -0.2) is 11.1 Å². The maximum absolute atomic E-state index is 10.0. The van der Waals surface area contributed by atoms with Gasteiger partial charge in [-0.2, -0.15) is 48.5 Å². The topological polar surface area (TPSA) is 139 Å². The van der Waals surface area contributed by atoms with Crippen LogP contribution < -0.4 is 0 Å². The van der Waals surface area contributed by atoms with E-state index < -0.39 is 0 Å². The van der Waals surface area contributed by atoms with Crippen molar-refractivity contribution in [3.63, 3.8) is 0 Å². The first-order chi connectivity index (χ1) is 58.3. The molecule has 0 aliphatic carbocycles. The molecule has 643 valence electrons. The van der Waals surface area contributed by atoms with Gasteiger partial charge < -0.3 is 25.2 Å². The molecular formula is C112H106Ir4N5O4-4. The van der Waals surface area contributed by atoms with Crippen molar-refractivity contribution < 1.29 is 100 Å². The molecule has 0 fully saturated rings. The molecule has 2 N–H and O–H groups in total. The molecule has 13 heteroatoms. The standard InChI is InChI=1S/C21H22N.C20H20N.2C19H16N.C12H8.C11H8N.2C5H8O2.4Ir/c1-14(2)10-17-6-5-7-21-19(17)8-9-20(22-21)18-12-15(3)11-16(4)13-18;1-4-5-16-6-7-17-8-9-19(21-20(17)13-16)18-11-14(2)10-15(3)12-18;2*1-14-10-15(2)12-18(11-14)17-8-9-20-19(13-17)16-6-4-3-5-7-16;1-3-7-11(8-4-1)12-9-5-2-6-10-12;1-2-6-10(7-3-1)11-8-4-5-9-12-11;2*1-4(6)3-5(2)7;;;;/h5-9,11-12,14H,10H2,1-4H3;6-11,13H,4-5H2,1-3H3;2*3-6,8-13H,1-2H3;1-7,9H;1-6,8-9H;2*3,6H,1-2H3;;;;/q4*-1;-2;-1;;;;;;+3. The number of aryl methyl sites for hydroxylation is 9. The van der Waals surface area contributed by atoms with Crippen LogP contribution in [0.25, 0.3) is 111 Å². The second-order valence-electron chi connectivity index (χ2n) is 30.3. The Morgan fingerprint density at radius 2 is 0.752 bits per heavy atom. The van der Waals surface area contributed by atoms with Crippen LogP contribution in [0.1, 0.15) is 111 Å². The fourth-order valence-corrected chi connectivity index (χ4v) is 13.5. The summed E-state index contributed by atoms with van der Waals surface area (Å²) in [6, 6.07) is 120. The second-order valence-corrected chi connectivity index (χ2v) is 30.3. The number of hydrogen-bond donors (Lipinski definition) is 2. The van der Waals surface area contributed by atoms with Crippen LogP contribution in [0, 0.1) is 104 Å². The minimum Gasteiger partial charge on any atom is -0.512 e. The quantitative estimate of drug-likeness (QED) is 0.0619. The fraction of sp³-hybridized carbons (Fsp3) is 0.170. The molecule has 0 saturated heterocycles. The number of fused-ring (bicyclic) bond motifs is 2. The van der Waals surface area contributed by atoms with E-state index in [9.17, 15) is 9.59 Å². The summed E-state index contributed by atoms with van der Waals surface area (Å²) in [6.07, 6.45) is 11.2. The Hall–Kier alpha value is -11.3. The van der Waals surface area contributed by atoms with Gasteiger partial charge in [0.15, 0.2) is 11.6 Å². The van der Waals surface area contributed by atoms with E-state index in [4.69, 9.17) is 20.2 Å². The monoisotopic (exact) mass is 2360 g/mol. The molecule has 11 aromatic carbocycles. The van der Waals surface area contributed by atoms with Crippen molar-refractivity contribution in [3.05, 3.63) is 425 Å². The minimum absolute atomic E-state index is 0. The van der Waals surface area contributed by atoms with Crippen LogP contribution in [0.3, 0.4) is 0 Å². The molecule has 0 unspecified atom stereocenters. The smallest absolute Gasteiger partial charge is 0.512 e. The molecule has 0 amide bonds. The van der Waals surface area contributed by atoms with Crippen molar-refractivity contribution in [3.8, 4) is 89.7 Å². The largest absolute Gasteiger partial charge is 3.00 e. The Morgan fingerprint density at radius 1 is 0.360 bits per heavy atom. The number of carbonyl (C=O) groups excluding carboxylic acids is 2. The molecule has 16 aromatic rings. The Balaban J connectivity index is 0.000000259. The molecular weight excluding hydrogens is 2250 g/mol. The number of rotatable bonds is 14. The van der Waals surface area contributed by atoms with E-state index in [2.05, 4.69) is 279 Å². The first-order valence-electron chi connectivity index (χ1n) is 40.7. The molecule has 16 rings (SSSR count). The van der Waals surface area contributed by atoms with Crippen LogP contribution in [-0.2, 0) is 103 Å². The average molecular weight is 2350 g/mol. The van der Waals surface area contributed by atoms with Crippen molar-refractivity contribution in [2.45, 2.75) is 123 Å². The number of pyridine rings is 5. The van der Waals surface area contributed by atoms with Crippen molar-refractivity contribution in [2.75, 3.05) is 0 Å². The maximum Gasteiger partial charge on any atom is 3.00 e. The van der Waals surface area contributed by atoms with Crippen LogP contribution in [0.4, 0.5) is 0 Å². The van der Waals surface area contributed by atoms with Crippen molar-refractivity contribution in [2.24, 2.45) is 5.92 Å². The van der Waals surface area contributed by atoms with Crippen LogP contribution in [-0.4, -0.2) is 46.7 Å². The molecule has 0 spiro atoms. The fourth-order valence-electron chi connectivity index (χ4n) is 13.5. The first-order valence-corrected chi connectivity index (χ1v) is 40.7. The molecule has 5 heterocycles. The molecule has 0 atom stereocenters. The summed E-state index contributed by atoms with van der Waals surface area (Å²) in [5.41, 5.74) is 32.0. The van der Waals surface area contributed by atoms with Gasteiger partial charge in [0.05, 0.1) is 22.6 Å². The van der Waals surface area contributed by atoms with E-state index in [0.29, 0.717) is 5.92 Å². The number of aliphatic hydroxyl groups is 2. The van der Waals surface area contributed by atoms with Crippen molar-refractivity contribution >= 4 is 33.4 Å². The number of ketones is 2. The first kappa shape index (κ1) is 104. The van der Waals surface area contributed by atoms with Crippen LogP contribution >= 0.6 is 0 Å². The predicted octanol–water partition coefficient (Wildman–Crippen LogP) is 28.0. The Kier molecular flexibility index (Phi) is 45.4. The van der Waals surface area contributed by atoms with Crippen molar-refractivity contribution in [1.29, 1.82) is 0 Å². The number of benzene rings is 11. The summed E-state index contributed by atoms with van der Waals surface area (Å²) < 4.78 is 0. The SMILES string of the molecule is CC(=O)C=C(C)O.CC(=O)C=C(C)O.CCCc1ccc2ccc(-c3[c-]c(C)cc(C)c3)nc2c1.Cc1[c-]c(-c2ccc3c(CC(C)C)cccc3n2)cc(C)c1.Cc1cc(C)cc(-c2ccnc(-c3[c-]cccc3)c2)c1.Cc1cc(C)cc(-c2ccnc(-c3[c-]cccc3)c2)c1.[Ir+3].[Ir].[Ir].[Ir].[c-]1ccccc1-c1[c-]cccc1.[c-]1ccccc1-c1ccccn1. The van der Waals surface area contributed by atoms with E-state index in [1.54, 1.807) is 6.20 Å². The third-order valence-electron chi connectivity index (χ3n) is 18.4. The summed E-state index contributed by atoms with van der Waals surface area (Å²) in [7, 11) is 0. The van der Waals surface area contributed by atoms with E-state index in [0.717, 1.165) is 109 Å². The third kappa shape index (κ3) is 35.7. The number of allylic oxidation sites excluding steroid dienone is 4. The number of aliphatic hydroxyl groups excluding tert-OH is 2. The van der Waals surface area contributed by atoms with E-state index in [1.165, 1.54) is 117 Å². The number of nitrogens with zero attached hydrogens (tertiary/aromatic N) is 5. The van der Waals surface area contributed by atoms with Gasteiger partial charge in [-0.1, -0.05) is 186 Å². The Bertz CT molecular complexity index is 5670. The molecule has 0 bridgehead atoms. The van der Waals surface area contributed by atoms with E-state index in [-0.39, 0.29) is 104 Å². The molecule has 9 nitrogen and oxygen atoms in total. The van der Waals surface area contributed by atoms with Gasteiger partial charge in [-0.15, -0.1) is 190 Å². The van der Waals surface area contributed by atoms with E-state index >= 15 is 0 Å². The third-order valence-corrected chi connectivity index (χ3v) is 18.4. The van der Waals surface area contributed by atoms with Gasteiger partial charge >= 0.3 is 20.1 Å². The summed E-state index contributed by atoms with van der Waals surface area (Å²) in [4.78, 5) is 42.9. The number of aromatic nitrogens is 5. The summed E-state index contributed by atoms with van der Waals surface area (Å²) >= 11 is 0. The summed E-state index contributed by atoms with van der Waals surface area (Å²) in [6.45, 7) is 29.3. The summed E-state index contributed by atoms with van der Waals surface area (Å²) in [5, 5.41) is 19.2. The zero-order valence-corrected chi connectivity index (χ0v) is 83.1. The second kappa shape index (κ2) is 54.5. The molecule has 3 radical (unpaired) electrons. The van der Waals surface area contributed by atoms with Crippen LogP contribution in [0.5, 0.6) is 0 Å². The maximum atomic E-state index is 10.0. The Morgan fingerprint density at radius 3 is 1.13 bits per heavy atom. The zero-order chi connectivity index (χ0) is 86.6. The van der Waals surface area contributed by atoms with Crippen LogP contribution in [0.15, 0.2) is 327 Å². The molecule has 5 aromatic heterocycles. The average Bonchev–Trinajstić information content (AvgIpc) is 0.797. The summed E-state index contributed by atoms with van der Waals surface area (Å²) in [5.74, 6) is 0.526. The zero-order valence-electron chi connectivity index (χ0n) is 73.5. The molecule has 125 heavy (non-hydrogen) atoms. The minimum atomic E-state index is -0.125. The van der Waals surface area contributed by atoms with Gasteiger partial charge in [-0.05, 0) is 172 Å². The van der Waals surface area contributed by atoms with Gasteiger partial charge in [0.25, 0.3) is 0 Å². The predicted molar refractivity (Wildman–Crippen MR) is 503 cm³/mol. The van der Waals surface area contributed by atoms with Gasteiger partial charge in [0.2, 0.25) is 0 Å². The Labute approximate surface area is 795 Å². The van der Waals surface area contributed by atoms with Gasteiger partial charge in [0, 0.05) is 96.4 Å². The molecule has 0 aliphatic heterocycles. The van der Waals surface area contributed by atoms with Gasteiger partial charge in [-0.3, -0.25) is 19.6 Å². The molecule has 0 saturated carbocycles. The normalized spacial score (nSPS) is 10.3. The van der Waals surface area contributed by atoms with Crippen molar-refractivity contribution in [1.82, 2.24) is 24.9 Å². The number of hydrogen-bond acceptors (Lipinski definition) is 9. The molecule has 0 aliphatic rings.